The van der Waals surface area contributed by atoms with Gasteiger partial charge in [-0.25, -0.2) is 0 Å². The van der Waals surface area contributed by atoms with Crippen LogP contribution in [0.2, 0.25) is 0 Å². The first-order valence-corrected chi connectivity index (χ1v) is 5.47. The van der Waals surface area contributed by atoms with Gasteiger partial charge in [-0.1, -0.05) is 0 Å². The molecule has 13 heavy (non-hydrogen) atoms. The number of nitrogens with zero attached hydrogens (tertiary/aromatic N) is 1. The summed E-state index contributed by atoms with van der Waals surface area (Å²) in [7, 11) is 0. The van der Waals surface area contributed by atoms with Crippen molar-refractivity contribution in [2.24, 2.45) is 0 Å². The summed E-state index contributed by atoms with van der Waals surface area (Å²) in [5, 5.41) is 2.41. The van der Waals surface area contributed by atoms with Crippen LogP contribution >= 0.6 is 0 Å². The molecule has 3 heteroatoms. The van der Waals surface area contributed by atoms with Gasteiger partial charge in [-0.3, -0.25) is 4.79 Å². The molecule has 0 bridgehead atoms. The van der Waals surface area contributed by atoms with Crippen LogP contribution in [0.1, 0.15) is 32.1 Å². The Morgan fingerprint density at radius 1 is 1.38 bits per heavy atom. The number of likely N-dealkylation sites (tertiary alicyclic amines) is 1. The first kappa shape index (κ1) is 9.00. The van der Waals surface area contributed by atoms with E-state index in [1.807, 2.05) is 4.90 Å². The molecule has 0 aromatic heterocycles. The third-order valence-electron chi connectivity index (χ3n) is 3.16. The molecule has 1 atom stereocenters. The van der Waals surface area contributed by atoms with Crippen molar-refractivity contribution < 1.29 is 10.1 Å². The highest BCUT2D eigenvalue weighted by Gasteiger charge is 2.25. The highest BCUT2D eigenvalue weighted by Crippen LogP contribution is 2.11. The van der Waals surface area contributed by atoms with Crippen molar-refractivity contribution in [1.29, 1.82) is 0 Å². The van der Waals surface area contributed by atoms with Crippen LogP contribution in [-0.2, 0) is 4.79 Å². The standard InChI is InChI=1S/C10H18N2O/c13-10-5-3-7-12(10)8-9-4-1-2-6-11-9/h9,11H,1-8H2/p+1/t9-/m1/s1. The molecule has 2 aliphatic heterocycles. The van der Waals surface area contributed by atoms with Gasteiger partial charge in [-0.15, -0.1) is 0 Å². The Kier molecular flexibility index (Phi) is 2.83. The number of nitrogens with two attached hydrogens (primary N) is 1. The predicted octanol–water partition coefficient (Wildman–Crippen LogP) is -0.275. The van der Waals surface area contributed by atoms with Gasteiger partial charge < -0.3 is 10.2 Å². The number of piperidine rings is 1. The number of carbonyl (C=O) groups excluding carboxylic acids is 1. The monoisotopic (exact) mass is 183 g/mol. The van der Waals surface area contributed by atoms with E-state index in [1.54, 1.807) is 0 Å². The van der Waals surface area contributed by atoms with E-state index in [4.69, 9.17) is 0 Å². The van der Waals surface area contributed by atoms with Gasteiger partial charge in [-0.2, -0.15) is 0 Å². The van der Waals surface area contributed by atoms with E-state index in [0.717, 1.165) is 25.9 Å². The summed E-state index contributed by atoms with van der Waals surface area (Å²) in [4.78, 5) is 13.4. The molecule has 0 aromatic rings. The van der Waals surface area contributed by atoms with E-state index in [0.29, 0.717) is 11.9 Å². The van der Waals surface area contributed by atoms with Crippen LogP contribution in [-0.4, -0.2) is 36.5 Å². The number of hydrogen-bond donors (Lipinski definition) is 1. The molecular weight excluding hydrogens is 164 g/mol. The predicted molar refractivity (Wildman–Crippen MR) is 50.2 cm³/mol. The SMILES string of the molecule is O=C1CCCN1C[C@H]1CCCC[NH2+]1. The second-order valence-corrected chi connectivity index (χ2v) is 4.22. The maximum absolute atomic E-state index is 11.4. The number of quaternary nitrogens is 1. The van der Waals surface area contributed by atoms with Crippen molar-refractivity contribution in [2.45, 2.75) is 38.1 Å². The Bertz CT molecular complexity index is 187. The molecule has 0 spiro atoms. The number of hydrogen-bond acceptors (Lipinski definition) is 1. The Balaban J connectivity index is 1.79. The highest BCUT2D eigenvalue weighted by atomic mass is 16.2. The average molecular weight is 183 g/mol. The molecule has 2 N–H and O–H groups in total. The summed E-state index contributed by atoms with van der Waals surface area (Å²) in [5.74, 6) is 0.374. The van der Waals surface area contributed by atoms with E-state index in [1.165, 1.54) is 25.8 Å². The highest BCUT2D eigenvalue weighted by molar-refractivity contribution is 5.78. The molecule has 3 nitrogen and oxygen atoms in total. The number of carbonyl (C=O) groups is 1. The van der Waals surface area contributed by atoms with Crippen LogP contribution in [0.3, 0.4) is 0 Å². The molecule has 0 aromatic carbocycles. The molecule has 0 radical (unpaired) electrons. The van der Waals surface area contributed by atoms with Crippen LogP contribution in [0, 0.1) is 0 Å². The lowest BCUT2D eigenvalue weighted by Gasteiger charge is -2.25. The third kappa shape index (κ3) is 2.21. The third-order valence-corrected chi connectivity index (χ3v) is 3.16. The molecule has 74 valence electrons. The fraction of sp³-hybridized carbons (Fsp3) is 0.900. The van der Waals surface area contributed by atoms with E-state index in [2.05, 4.69) is 5.32 Å². The minimum absolute atomic E-state index is 0.374. The summed E-state index contributed by atoms with van der Waals surface area (Å²) in [6, 6.07) is 0.691. The normalized spacial score (nSPS) is 29.7. The Hall–Kier alpha value is -0.570. The quantitative estimate of drug-likeness (QED) is 0.628. The Labute approximate surface area is 79.5 Å². The summed E-state index contributed by atoms with van der Waals surface area (Å²) in [5.41, 5.74) is 0. The van der Waals surface area contributed by atoms with Gasteiger partial charge in [0.1, 0.15) is 6.04 Å². The van der Waals surface area contributed by atoms with Crippen molar-refractivity contribution in [1.82, 2.24) is 4.90 Å². The van der Waals surface area contributed by atoms with Crippen LogP contribution in [0.4, 0.5) is 0 Å². The minimum atomic E-state index is 0.374. The van der Waals surface area contributed by atoms with Gasteiger partial charge in [0.2, 0.25) is 5.91 Å². The second kappa shape index (κ2) is 4.09. The smallest absolute Gasteiger partial charge is 0.222 e. The minimum Gasteiger partial charge on any atom is -0.342 e. The maximum atomic E-state index is 11.4. The first-order valence-electron chi connectivity index (χ1n) is 5.47. The van der Waals surface area contributed by atoms with Gasteiger partial charge in [0.05, 0.1) is 13.1 Å². The lowest BCUT2D eigenvalue weighted by Crippen LogP contribution is -2.92. The van der Waals surface area contributed by atoms with Gasteiger partial charge in [0.15, 0.2) is 0 Å². The van der Waals surface area contributed by atoms with Gasteiger partial charge in [0, 0.05) is 19.4 Å². The van der Waals surface area contributed by atoms with Gasteiger partial charge in [0.25, 0.3) is 0 Å². The fourth-order valence-corrected chi connectivity index (χ4v) is 2.37. The average Bonchev–Trinajstić information content (AvgIpc) is 2.54. The summed E-state index contributed by atoms with van der Waals surface area (Å²) < 4.78 is 0. The van der Waals surface area contributed by atoms with Crippen molar-refractivity contribution in [3.63, 3.8) is 0 Å². The van der Waals surface area contributed by atoms with Crippen LogP contribution in [0.5, 0.6) is 0 Å². The van der Waals surface area contributed by atoms with Crippen LogP contribution < -0.4 is 5.32 Å². The molecule has 2 rings (SSSR count). The van der Waals surface area contributed by atoms with Gasteiger partial charge >= 0.3 is 0 Å². The Morgan fingerprint density at radius 3 is 2.92 bits per heavy atom. The molecule has 2 saturated heterocycles. The largest absolute Gasteiger partial charge is 0.342 e. The molecule has 0 aliphatic carbocycles. The molecule has 2 aliphatic rings. The van der Waals surface area contributed by atoms with Crippen molar-refractivity contribution in [2.75, 3.05) is 19.6 Å². The lowest BCUT2D eigenvalue weighted by atomic mass is 10.0. The molecule has 0 saturated carbocycles. The zero-order valence-electron chi connectivity index (χ0n) is 8.17. The van der Waals surface area contributed by atoms with Crippen LogP contribution in [0.15, 0.2) is 0 Å². The van der Waals surface area contributed by atoms with Crippen molar-refractivity contribution >= 4 is 5.91 Å². The van der Waals surface area contributed by atoms with Crippen molar-refractivity contribution in [3.05, 3.63) is 0 Å². The maximum Gasteiger partial charge on any atom is 0.222 e. The van der Waals surface area contributed by atoms with E-state index < -0.39 is 0 Å². The first-order chi connectivity index (χ1) is 6.36. The molecule has 2 heterocycles. The molecule has 2 fully saturated rings. The summed E-state index contributed by atoms with van der Waals surface area (Å²) in [6.07, 6.45) is 5.86. The fourth-order valence-electron chi connectivity index (χ4n) is 2.37. The second-order valence-electron chi connectivity index (χ2n) is 4.22. The summed E-state index contributed by atoms with van der Waals surface area (Å²) in [6.45, 7) is 3.26. The molecule has 1 amide bonds. The zero-order chi connectivity index (χ0) is 9.10. The number of amides is 1. The molecule has 0 unspecified atom stereocenters. The zero-order valence-corrected chi connectivity index (χ0v) is 8.17. The van der Waals surface area contributed by atoms with E-state index >= 15 is 0 Å². The van der Waals surface area contributed by atoms with Crippen LogP contribution in [0.25, 0.3) is 0 Å². The topological polar surface area (TPSA) is 36.9 Å². The molecular formula is C10H19N2O+. The van der Waals surface area contributed by atoms with Crippen molar-refractivity contribution in [3.8, 4) is 0 Å². The lowest BCUT2D eigenvalue weighted by molar-refractivity contribution is -0.696. The van der Waals surface area contributed by atoms with E-state index in [-0.39, 0.29) is 0 Å². The van der Waals surface area contributed by atoms with E-state index in [9.17, 15) is 4.79 Å². The Morgan fingerprint density at radius 2 is 2.31 bits per heavy atom. The number of rotatable bonds is 2. The van der Waals surface area contributed by atoms with Gasteiger partial charge in [-0.05, 0) is 19.3 Å². The summed E-state index contributed by atoms with van der Waals surface area (Å²) >= 11 is 0.